The van der Waals surface area contributed by atoms with Crippen molar-refractivity contribution >= 4 is 21.7 Å². The molecule has 0 bridgehead atoms. The van der Waals surface area contributed by atoms with Crippen molar-refractivity contribution in [1.82, 2.24) is 19.7 Å². The predicted molar refractivity (Wildman–Crippen MR) is 67.7 cm³/mol. The van der Waals surface area contributed by atoms with Crippen LogP contribution in [0.4, 0.5) is 5.82 Å². The third-order valence-corrected chi connectivity index (χ3v) is 3.39. The molecule has 5 nitrogen and oxygen atoms in total. The predicted octanol–water partition coefficient (Wildman–Crippen LogP) is 1.76. The van der Waals surface area contributed by atoms with Gasteiger partial charge in [0.15, 0.2) is 5.82 Å². The van der Waals surface area contributed by atoms with Crippen LogP contribution < -0.4 is 4.90 Å². The lowest BCUT2D eigenvalue weighted by Gasteiger charge is -2.29. The van der Waals surface area contributed by atoms with Crippen LogP contribution in [-0.4, -0.2) is 26.3 Å². The topological polar surface area (TPSA) is 46.8 Å². The molecule has 1 aliphatic rings. The van der Waals surface area contributed by atoms with Gasteiger partial charge in [0.25, 0.3) is 0 Å². The van der Waals surface area contributed by atoms with E-state index in [2.05, 4.69) is 53.6 Å². The summed E-state index contributed by atoms with van der Waals surface area (Å²) in [5, 5.41) is 8.04. The smallest absolute Gasteiger partial charge is 0.152 e. The van der Waals surface area contributed by atoms with Crippen molar-refractivity contribution in [2.24, 2.45) is 0 Å². The summed E-state index contributed by atoms with van der Waals surface area (Å²) in [5.41, 5.74) is 1.17. The van der Waals surface area contributed by atoms with E-state index >= 15 is 0 Å². The first-order chi connectivity index (χ1) is 8.24. The summed E-state index contributed by atoms with van der Waals surface area (Å²) in [4.78, 5) is 6.72. The third-order valence-electron chi connectivity index (χ3n) is 2.96. The molecule has 3 rings (SSSR count). The molecule has 17 heavy (non-hydrogen) atoms. The number of halogens is 1. The van der Waals surface area contributed by atoms with E-state index in [1.807, 2.05) is 6.20 Å². The lowest BCUT2D eigenvalue weighted by Crippen LogP contribution is -2.34. The summed E-state index contributed by atoms with van der Waals surface area (Å²) in [7, 11) is 0. The SMILES string of the molecule is Cc1cc(Br)cnc1N1CCn2cnnc2C1. The Morgan fingerprint density at radius 3 is 3.06 bits per heavy atom. The molecule has 0 unspecified atom stereocenters. The Balaban J connectivity index is 1.91. The van der Waals surface area contributed by atoms with Gasteiger partial charge in [0, 0.05) is 23.8 Å². The number of aryl methyl sites for hydroxylation is 1. The third kappa shape index (κ3) is 1.93. The fraction of sp³-hybridized carbons (Fsp3) is 0.364. The molecule has 0 fully saturated rings. The molecule has 0 radical (unpaired) electrons. The Morgan fingerprint density at radius 1 is 1.35 bits per heavy atom. The van der Waals surface area contributed by atoms with Crippen molar-refractivity contribution in [2.45, 2.75) is 20.0 Å². The molecule has 0 spiro atoms. The summed E-state index contributed by atoms with van der Waals surface area (Å²) in [6, 6.07) is 2.08. The summed E-state index contributed by atoms with van der Waals surface area (Å²) >= 11 is 3.43. The van der Waals surface area contributed by atoms with Crippen molar-refractivity contribution in [3.05, 3.63) is 34.5 Å². The zero-order valence-electron chi connectivity index (χ0n) is 9.47. The van der Waals surface area contributed by atoms with E-state index in [9.17, 15) is 0 Å². The molecule has 0 aliphatic carbocycles. The van der Waals surface area contributed by atoms with Crippen LogP contribution in [0.2, 0.25) is 0 Å². The lowest BCUT2D eigenvalue weighted by atomic mass is 10.2. The average molecular weight is 294 g/mol. The Morgan fingerprint density at radius 2 is 2.24 bits per heavy atom. The minimum Gasteiger partial charge on any atom is -0.347 e. The van der Waals surface area contributed by atoms with Gasteiger partial charge in [0.05, 0.1) is 6.54 Å². The van der Waals surface area contributed by atoms with Crippen LogP contribution in [0.1, 0.15) is 11.4 Å². The standard InChI is InChI=1S/C11H12BrN5/c1-8-4-9(12)5-13-11(8)16-2-3-17-7-14-15-10(17)6-16/h4-5,7H,2-3,6H2,1H3. The number of anilines is 1. The lowest BCUT2D eigenvalue weighted by molar-refractivity contribution is 0.555. The molecule has 3 heterocycles. The van der Waals surface area contributed by atoms with E-state index in [1.165, 1.54) is 5.56 Å². The van der Waals surface area contributed by atoms with Crippen LogP contribution in [0, 0.1) is 6.92 Å². The van der Waals surface area contributed by atoms with Crippen LogP contribution in [0.3, 0.4) is 0 Å². The molecule has 0 N–H and O–H groups in total. The van der Waals surface area contributed by atoms with Gasteiger partial charge in [-0.05, 0) is 34.5 Å². The van der Waals surface area contributed by atoms with E-state index in [0.717, 1.165) is 35.7 Å². The zero-order valence-corrected chi connectivity index (χ0v) is 11.1. The van der Waals surface area contributed by atoms with Crippen molar-refractivity contribution in [3.63, 3.8) is 0 Å². The van der Waals surface area contributed by atoms with Crippen molar-refractivity contribution in [2.75, 3.05) is 11.4 Å². The van der Waals surface area contributed by atoms with Crippen LogP contribution >= 0.6 is 15.9 Å². The molecule has 2 aromatic heterocycles. The number of fused-ring (bicyclic) bond motifs is 1. The fourth-order valence-electron chi connectivity index (χ4n) is 2.11. The molecule has 0 atom stereocenters. The molecule has 1 aliphatic heterocycles. The van der Waals surface area contributed by atoms with Crippen molar-refractivity contribution < 1.29 is 0 Å². The normalized spacial score (nSPS) is 14.8. The second-order valence-electron chi connectivity index (χ2n) is 4.16. The first-order valence-electron chi connectivity index (χ1n) is 5.48. The van der Waals surface area contributed by atoms with E-state index in [-0.39, 0.29) is 0 Å². The molecule has 0 aromatic carbocycles. The molecule has 0 saturated heterocycles. The number of pyridine rings is 1. The molecule has 0 saturated carbocycles. The minimum atomic E-state index is 0.773. The Labute approximate surface area is 108 Å². The molecule has 2 aromatic rings. The monoisotopic (exact) mass is 293 g/mol. The molecular weight excluding hydrogens is 282 g/mol. The van der Waals surface area contributed by atoms with E-state index in [4.69, 9.17) is 0 Å². The fourth-order valence-corrected chi connectivity index (χ4v) is 2.56. The second kappa shape index (κ2) is 4.10. The minimum absolute atomic E-state index is 0.773. The van der Waals surface area contributed by atoms with Gasteiger partial charge in [0.2, 0.25) is 0 Å². The van der Waals surface area contributed by atoms with Gasteiger partial charge in [-0.2, -0.15) is 0 Å². The van der Waals surface area contributed by atoms with Crippen LogP contribution in [0.15, 0.2) is 23.1 Å². The maximum Gasteiger partial charge on any atom is 0.152 e. The second-order valence-corrected chi connectivity index (χ2v) is 5.07. The number of rotatable bonds is 1. The number of hydrogen-bond donors (Lipinski definition) is 0. The van der Waals surface area contributed by atoms with Crippen LogP contribution in [0.25, 0.3) is 0 Å². The van der Waals surface area contributed by atoms with Gasteiger partial charge in [-0.1, -0.05) is 0 Å². The summed E-state index contributed by atoms with van der Waals surface area (Å²) < 4.78 is 3.10. The van der Waals surface area contributed by atoms with E-state index < -0.39 is 0 Å². The number of aromatic nitrogens is 4. The quantitative estimate of drug-likeness (QED) is 0.804. The number of nitrogens with zero attached hydrogens (tertiary/aromatic N) is 5. The van der Waals surface area contributed by atoms with Gasteiger partial charge in [-0.25, -0.2) is 4.98 Å². The van der Waals surface area contributed by atoms with Crippen molar-refractivity contribution in [1.29, 1.82) is 0 Å². The summed E-state index contributed by atoms with van der Waals surface area (Å²) in [6.07, 6.45) is 3.62. The maximum atomic E-state index is 4.48. The first-order valence-corrected chi connectivity index (χ1v) is 6.27. The zero-order chi connectivity index (χ0) is 11.8. The Kier molecular flexibility index (Phi) is 2.58. The van der Waals surface area contributed by atoms with Gasteiger partial charge in [-0.15, -0.1) is 10.2 Å². The van der Waals surface area contributed by atoms with E-state index in [1.54, 1.807) is 6.33 Å². The largest absolute Gasteiger partial charge is 0.347 e. The molecular formula is C11H12BrN5. The van der Waals surface area contributed by atoms with Gasteiger partial charge in [-0.3, -0.25) is 0 Å². The summed E-state index contributed by atoms with van der Waals surface area (Å²) in [5.74, 6) is 2.03. The van der Waals surface area contributed by atoms with Crippen LogP contribution in [-0.2, 0) is 13.1 Å². The Hall–Kier alpha value is -1.43. The van der Waals surface area contributed by atoms with Gasteiger partial charge in [0.1, 0.15) is 12.1 Å². The highest BCUT2D eigenvalue weighted by Gasteiger charge is 2.19. The highest BCUT2D eigenvalue weighted by atomic mass is 79.9. The van der Waals surface area contributed by atoms with Gasteiger partial charge < -0.3 is 9.47 Å². The average Bonchev–Trinajstić information content (AvgIpc) is 2.75. The maximum absolute atomic E-state index is 4.48. The highest BCUT2D eigenvalue weighted by Crippen LogP contribution is 2.23. The summed E-state index contributed by atoms with van der Waals surface area (Å²) in [6.45, 7) is 4.71. The molecule has 6 heteroatoms. The number of hydrogen-bond acceptors (Lipinski definition) is 4. The highest BCUT2D eigenvalue weighted by molar-refractivity contribution is 9.10. The molecule has 88 valence electrons. The van der Waals surface area contributed by atoms with E-state index in [0.29, 0.717) is 0 Å². The van der Waals surface area contributed by atoms with Gasteiger partial charge >= 0.3 is 0 Å². The molecule has 0 amide bonds. The van der Waals surface area contributed by atoms with Crippen LogP contribution in [0.5, 0.6) is 0 Å². The first kappa shape index (κ1) is 10.7. The Bertz CT molecular complexity index is 551. The van der Waals surface area contributed by atoms with Crippen molar-refractivity contribution in [3.8, 4) is 0 Å².